The summed E-state index contributed by atoms with van der Waals surface area (Å²) in [6.07, 6.45) is 4.27. The number of aliphatic carboxylic acids is 1. The maximum absolute atomic E-state index is 10.7. The van der Waals surface area contributed by atoms with Gasteiger partial charge in [0, 0.05) is 17.3 Å². The molecule has 2 aromatic carbocycles. The zero-order valence-corrected chi connectivity index (χ0v) is 13.0. The van der Waals surface area contributed by atoms with Crippen LogP contribution in [0.1, 0.15) is 5.56 Å². The Kier molecular flexibility index (Phi) is 4.43. The largest absolute Gasteiger partial charge is 0.545 e. The first-order valence-electron chi connectivity index (χ1n) is 7.36. The van der Waals surface area contributed by atoms with Gasteiger partial charge in [0.2, 0.25) is 0 Å². The number of rotatable bonds is 5. The van der Waals surface area contributed by atoms with Crippen LogP contribution in [0.15, 0.2) is 66.9 Å². The average Bonchev–Trinajstić information content (AvgIpc) is 3.05. The van der Waals surface area contributed by atoms with Crippen LogP contribution in [0.5, 0.6) is 5.75 Å². The van der Waals surface area contributed by atoms with Crippen LogP contribution in [0.2, 0.25) is 0 Å². The van der Waals surface area contributed by atoms with Crippen molar-refractivity contribution < 1.29 is 14.6 Å². The predicted molar refractivity (Wildman–Crippen MR) is 89.6 cm³/mol. The van der Waals surface area contributed by atoms with Crippen LogP contribution in [0, 0.1) is 0 Å². The molecule has 1 heterocycles. The number of carboxylic acids is 1. The standard InChI is InChI=1S/C19H16N2O3/c1-24-17-10-7-14(8-11-17)19-15(9-12-18(22)23)13-21(20-19)16-5-3-2-4-6-16/h2-13H,1H3,(H,22,23)/p-1/b12-9+. The molecule has 0 radical (unpaired) electrons. The zero-order valence-electron chi connectivity index (χ0n) is 13.0. The van der Waals surface area contributed by atoms with Crippen LogP contribution >= 0.6 is 0 Å². The normalized spacial score (nSPS) is 10.9. The lowest BCUT2D eigenvalue weighted by molar-refractivity contribution is -0.297. The summed E-state index contributed by atoms with van der Waals surface area (Å²) in [5, 5.41) is 15.3. The van der Waals surface area contributed by atoms with Gasteiger partial charge in [-0.2, -0.15) is 5.10 Å². The molecule has 5 nitrogen and oxygen atoms in total. The molecule has 3 rings (SSSR count). The quantitative estimate of drug-likeness (QED) is 0.677. The number of carbonyl (C=O) groups excluding carboxylic acids is 1. The summed E-state index contributed by atoms with van der Waals surface area (Å²) < 4.78 is 6.88. The number of carbonyl (C=O) groups is 1. The van der Waals surface area contributed by atoms with Crippen LogP contribution in [0.4, 0.5) is 0 Å². The summed E-state index contributed by atoms with van der Waals surface area (Å²) in [7, 11) is 1.60. The van der Waals surface area contributed by atoms with Crippen molar-refractivity contribution in [2.24, 2.45) is 0 Å². The summed E-state index contributed by atoms with van der Waals surface area (Å²) in [6, 6.07) is 17.1. The Balaban J connectivity index is 2.08. The fourth-order valence-corrected chi connectivity index (χ4v) is 2.35. The van der Waals surface area contributed by atoms with Gasteiger partial charge in [0.05, 0.1) is 24.5 Å². The second-order valence-corrected chi connectivity index (χ2v) is 5.09. The van der Waals surface area contributed by atoms with E-state index in [2.05, 4.69) is 5.10 Å². The van der Waals surface area contributed by atoms with Gasteiger partial charge >= 0.3 is 0 Å². The third-order valence-electron chi connectivity index (χ3n) is 3.53. The average molecular weight is 319 g/mol. The number of hydrogen-bond acceptors (Lipinski definition) is 4. The summed E-state index contributed by atoms with van der Waals surface area (Å²) in [5.74, 6) is -0.504. The van der Waals surface area contributed by atoms with Crippen molar-refractivity contribution in [3.63, 3.8) is 0 Å². The van der Waals surface area contributed by atoms with Crippen molar-refractivity contribution in [3.8, 4) is 22.7 Å². The highest BCUT2D eigenvalue weighted by molar-refractivity contribution is 5.85. The molecule has 0 amide bonds. The van der Waals surface area contributed by atoms with Crippen LogP contribution in [-0.2, 0) is 4.79 Å². The molecule has 0 saturated heterocycles. The number of methoxy groups -OCH3 is 1. The molecule has 0 bridgehead atoms. The van der Waals surface area contributed by atoms with Gasteiger partial charge in [-0.25, -0.2) is 4.68 Å². The molecule has 0 atom stereocenters. The van der Waals surface area contributed by atoms with Crippen molar-refractivity contribution in [3.05, 3.63) is 72.4 Å². The van der Waals surface area contributed by atoms with E-state index >= 15 is 0 Å². The molecule has 0 saturated carbocycles. The summed E-state index contributed by atoms with van der Waals surface area (Å²) >= 11 is 0. The van der Waals surface area contributed by atoms with Crippen molar-refractivity contribution in [1.82, 2.24) is 9.78 Å². The van der Waals surface area contributed by atoms with Crippen molar-refractivity contribution in [2.45, 2.75) is 0 Å². The van der Waals surface area contributed by atoms with Gasteiger partial charge in [-0.3, -0.25) is 0 Å². The van der Waals surface area contributed by atoms with Gasteiger partial charge in [-0.1, -0.05) is 18.2 Å². The summed E-state index contributed by atoms with van der Waals surface area (Å²) in [4.78, 5) is 10.7. The SMILES string of the molecule is COc1ccc(-c2nn(-c3ccccc3)cc2/C=C/C(=O)[O-])cc1. The lowest BCUT2D eigenvalue weighted by atomic mass is 10.1. The van der Waals surface area contributed by atoms with Crippen molar-refractivity contribution >= 4 is 12.0 Å². The third-order valence-corrected chi connectivity index (χ3v) is 3.53. The molecule has 120 valence electrons. The first kappa shape index (κ1) is 15.6. The lowest BCUT2D eigenvalue weighted by Crippen LogP contribution is -2.18. The van der Waals surface area contributed by atoms with E-state index < -0.39 is 5.97 Å². The molecular weight excluding hydrogens is 304 g/mol. The summed E-state index contributed by atoms with van der Waals surface area (Å²) in [6.45, 7) is 0. The number of benzene rings is 2. The van der Waals surface area contributed by atoms with Gasteiger partial charge in [0.1, 0.15) is 5.75 Å². The second-order valence-electron chi connectivity index (χ2n) is 5.09. The van der Waals surface area contributed by atoms with E-state index in [0.717, 1.165) is 23.1 Å². The molecule has 0 fully saturated rings. The molecule has 0 unspecified atom stereocenters. The molecule has 3 aromatic rings. The minimum absolute atomic E-state index is 0.680. The first-order chi connectivity index (χ1) is 11.7. The maximum Gasteiger partial charge on any atom is 0.118 e. The number of hydrogen-bond donors (Lipinski definition) is 0. The predicted octanol–water partition coefficient (Wildman–Crippen LogP) is 2.31. The van der Waals surface area contributed by atoms with Gasteiger partial charge in [-0.05, 0) is 48.6 Å². The Morgan fingerprint density at radius 1 is 1.12 bits per heavy atom. The van der Waals surface area contributed by atoms with Crippen molar-refractivity contribution in [2.75, 3.05) is 7.11 Å². The summed E-state index contributed by atoms with van der Waals surface area (Å²) in [5.41, 5.74) is 3.12. The lowest BCUT2D eigenvalue weighted by Gasteiger charge is -2.02. The monoisotopic (exact) mass is 319 g/mol. The van der Waals surface area contributed by atoms with Crippen LogP contribution in [-0.4, -0.2) is 22.9 Å². The molecule has 0 spiro atoms. The number of ether oxygens (including phenoxy) is 1. The van der Waals surface area contributed by atoms with Crippen molar-refractivity contribution in [1.29, 1.82) is 0 Å². The fourth-order valence-electron chi connectivity index (χ4n) is 2.35. The third kappa shape index (κ3) is 3.35. The van der Waals surface area contributed by atoms with Gasteiger partial charge in [0.15, 0.2) is 0 Å². The Morgan fingerprint density at radius 3 is 2.46 bits per heavy atom. The van der Waals surface area contributed by atoms with E-state index in [0.29, 0.717) is 11.3 Å². The van der Waals surface area contributed by atoms with E-state index in [-0.39, 0.29) is 0 Å². The molecule has 0 aliphatic heterocycles. The molecule has 0 aliphatic carbocycles. The number of nitrogens with zero attached hydrogens (tertiary/aromatic N) is 2. The van der Waals surface area contributed by atoms with Crippen LogP contribution < -0.4 is 9.84 Å². The minimum Gasteiger partial charge on any atom is -0.545 e. The highest BCUT2D eigenvalue weighted by Crippen LogP contribution is 2.26. The van der Waals surface area contributed by atoms with E-state index in [1.165, 1.54) is 6.08 Å². The number of aromatic nitrogens is 2. The Bertz CT molecular complexity index is 865. The Hall–Kier alpha value is -3.34. The molecule has 5 heteroatoms. The van der Waals surface area contributed by atoms with Gasteiger partial charge in [0.25, 0.3) is 0 Å². The van der Waals surface area contributed by atoms with Crippen LogP contribution in [0.25, 0.3) is 23.0 Å². The Labute approximate surface area is 139 Å². The molecule has 0 aliphatic rings. The highest BCUT2D eigenvalue weighted by Gasteiger charge is 2.10. The van der Waals surface area contributed by atoms with E-state index in [9.17, 15) is 9.90 Å². The number of carboxylic acid groups (broad SMARTS) is 1. The molecule has 0 N–H and O–H groups in total. The molecule has 1 aromatic heterocycles. The van der Waals surface area contributed by atoms with E-state index in [4.69, 9.17) is 4.74 Å². The van der Waals surface area contributed by atoms with E-state index in [1.54, 1.807) is 18.0 Å². The fraction of sp³-hybridized carbons (Fsp3) is 0.0526. The first-order valence-corrected chi connectivity index (χ1v) is 7.36. The molecular formula is C19H15N2O3-. The van der Waals surface area contributed by atoms with Crippen LogP contribution in [0.3, 0.4) is 0 Å². The second kappa shape index (κ2) is 6.83. The Morgan fingerprint density at radius 2 is 1.83 bits per heavy atom. The van der Waals surface area contributed by atoms with E-state index in [1.807, 2.05) is 54.6 Å². The van der Waals surface area contributed by atoms with Gasteiger partial charge < -0.3 is 14.6 Å². The zero-order chi connectivity index (χ0) is 16.9. The maximum atomic E-state index is 10.7. The van der Waals surface area contributed by atoms with Gasteiger partial charge in [-0.15, -0.1) is 0 Å². The number of para-hydroxylation sites is 1. The smallest absolute Gasteiger partial charge is 0.118 e. The minimum atomic E-state index is -1.25. The molecule has 24 heavy (non-hydrogen) atoms. The topological polar surface area (TPSA) is 67.2 Å². The highest BCUT2D eigenvalue weighted by atomic mass is 16.5.